The van der Waals surface area contributed by atoms with Gasteiger partial charge in [0.2, 0.25) is 0 Å². The van der Waals surface area contributed by atoms with E-state index in [2.05, 4.69) is 10.1 Å². The largest absolute Gasteiger partial charge is 0.359 e. The van der Waals surface area contributed by atoms with E-state index in [4.69, 9.17) is 16.7 Å². The summed E-state index contributed by atoms with van der Waals surface area (Å²) >= 11 is 6.80. The topological polar surface area (TPSA) is 63.8 Å². The Balaban J connectivity index is 2.28. The van der Waals surface area contributed by atoms with Gasteiger partial charge in [-0.05, 0) is 31.6 Å². The predicted molar refractivity (Wildman–Crippen MR) is 76.3 cm³/mol. The number of hydrogen-bond acceptors (Lipinski definition) is 5. The number of thiophene rings is 1. The van der Waals surface area contributed by atoms with Gasteiger partial charge in [-0.2, -0.15) is 0 Å². The van der Waals surface area contributed by atoms with Gasteiger partial charge in [-0.25, -0.2) is 0 Å². The van der Waals surface area contributed by atoms with Gasteiger partial charge >= 0.3 is 0 Å². The van der Waals surface area contributed by atoms with Crippen molar-refractivity contribution in [2.75, 3.05) is 0 Å². The second-order valence-electron chi connectivity index (χ2n) is 4.29. The van der Waals surface area contributed by atoms with E-state index in [1.54, 1.807) is 23.6 Å². The molecule has 0 fully saturated rings. The van der Waals surface area contributed by atoms with Crippen molar-refractivity contribution < 1.29 is 4.52 Å². The monoisotopic (exact) mass is 293 g/mol. The highest BCUT2D eigenvalue weighted by atomic mass is 32.1. The molecule has 3 rings (SSSR count). The minimum atomic E-state index is -0.0861. The molecule has 3 aromatic rings. The number of fused-ring (bicyclic) bond motifs is 1. The van der Waals surface area contributed by atoms with E-state index in [1.807, 2.05) is 13.8 Å². The summed E-state index contributed by atoms with van der Waals surface area (Å²) in [5.74, 6) is 0.602. The lowest BCUT2D eigenvalue weighted by molar-refractivity contribution is 0.374. The molecule has 19 heavy (non-hydrogen) atoms. The maximum Gasteiger partial charge on any atom is 0.263 e. The number of aromatic amines is 1. The van der Waals surface area contributed by atoms with Gasteiger partial charge in [-0.1, -0.05) is 5.16 Å². The molecule has 0 bridgehead atoms. The van der Waals surface area contributed by atoms with Crippen LogP contribution in [0.2, 0.25) is 0 Å². The first-order valence-electron chi connectivity index (χ1n) is 5.70. The number of aryl methyl sites for hydroxylation is 2. The van der Waals surface area contributed by atoms with Crippen molar-refractivity contribution in [3.63, 3.8) is 0 Å². The zero-order valence-electron chi connectivity index (χ0n) is 10.4. The molecule has 7 heteroatoms. The van der Waals surface area contributed by atoms with Crippen LogP contribution in [0.25, 0.3) is 10.2 Å². The normalized spacial score (nSPS) is 11.3. The highest BCUT2D eigenvalue weighted by Gasteiger charge is 2.13. The highest BCUT2D eigenvalue weighted by molar-refractivity contribution is 7.71. The van der Waals surface area contributed by atoms with E-state index in [-0.39, 0.29) is 5.56 Å². The van der Waals surface area contributed by atoms with Crippen LogP contribution in [0, 0.1) is 18.6 Å². The second-order valence-corrected chi connectivity index (χ2v) is 5.90. The summed E-state index contributed by atoms with van der Waals surface area (Å²) < 4.78 is 6.92. The van der Waals surface area contributed by atoms with E-state index < -0.39 is 0 Å². The van der Waals surface area contributed by atoms with Gasteiger partial charge in [0.05, 0.1) is 18.1 Å². The van der Waals surface area contributed by atoms with Crippen molar-refractivity contribution in [3.8, 4) is 0 Å². The molecule has 0 spiro atoms. The van der Waals surface area contributed by atoms with Gasteiger partial charge in [0, 0.05) is 10.9 Å². The number of H-pyrrole nitrogens is 1. The van der Waals surface area contributed by atoms with Crippen molar-refractivity contribution in [3.05, 3.63) is 43.6 Å². The first-order chi connectivity index (χ1) is 9.08. The molecule has 1 N–H and O–H groups in total. The summed E-state index contributed by atoms with van der Waals surface area (Å²) in [6.45, 7) is 4.24. The Morgan fingerprint density at radius 3 is 3.00 bits per heavy atom. The zero-order valence-corrected chi connectivity index (χ0v) is 12.0. The molecule has 0 atom stereocenters. The fraction of sp³-hybridized carbons (Fsp3) is 0.250. The van der Waals surface area contributed by atoms with Crippen LogP contribution in [0.4, 0.5) is 0 Å². The van der Waals surface area contributed by atoms with Crippen LogP contribution in [0.1, 0.15) is 16.2 Å². The third kappa shape index (κ3) is 1.95. The summed E-state index contributed by atoms with van der Waals surface area (Å²) in [5, 5.41) is 4.33. The summed E-state index contributed by atoms with van der Waals surface area (Å²) in [6, 6.07) is 1.72. The number of nitrogens with zero attached hydrogens (tertiary/aromatic N) is 2. The van der Waals surface area contributed by atoms with Gasteiger partial charge in [0.25, 0.3) is 5.56 Å². The molecule has 0 unspecified atom stereocenters. The van der Waals surface area contributed by atoms with Crippen molar-refractivity contribution in [1.82, 2.24) is 14.7 Å². The van der Waals surface area contributed by atoms with Gasteiger partial charge in [-0.15, -0.1) is 11.3 Å². The average molecular weight is 293 g/mol. The van der Waals surface area contributed by atoms with Gasteiger partial charge < -0.3 is 9.51 Å². The SMILES string of the molecule is Cc1sc2[nH]c(=S)n(Cc3ccno3)c(=O)c2c1C. The van der Waals surface area contributed by atoms with Crippen LogP contribution in [0.15, 0.2) is 21.6 Å². The van der Waals surface area contributed by atoms with Crippen LogP contribution in [-0.4, -0.2) is 14.7 Å². The van der Waals surface area contributed by atoms with Gasteiger partial charge in [-0.3, -0.25) is 9.36 Å². The first-order valence-corrected chi connectivity index (χ1v) is 6.93. The minimum absolute atomic E-state index is 0.0861. The Kier molecular flexibility index (Phi) is 2.87. The molecular formula is C12H11N3O2S2. The molecule has 3 heterocycles. The van der Waals surface area contributed by atoms with Crippen LogP contribution in [-0.2, 0) is 6.54 Å². The molecular weight excluding hydrogens is 282 g/mol. The van der Waals surface area contributed by atoms with Crippen molar-refractivity contribution in [1.29, 1.82) is 0 Å². The van der Waals surface area contributed by atoms with E-state index in [0.29, 0.717) is 22.5 Å². The average Bonchev–Trinajstić information content (AvgIpc) is 2.95. The minimum Gasteiger partial charge on any atom is -0.359 e. The Bertz CT molecular complexity index is 856. The smallest absolute Gasteiger partial charge is 0.263 e. The lowest BCUT2D eigenvalue weighted by Crippen LogP contribution is -2.22. The number of hydrogen-bond donors (Lipinski definition) is 1. The molecule has 3 aromatic heterocycles. The maximum atomic E-state index is 12.5. The molecule has 98 valence electrons. The van der Waals surface area contributed by atoms with Crippen molar-refractivity contribution in [2.24, 2.45) is 0 Å². The number of nitrogens with one attached hydrogen (secondary N) is 1. The summed E-state index contributed by atoms with van der Waals surface area (Å²) in [5.41, 5.74) is 0.916. The number of rotatable bonds is 2. The van der Waals surface area contributed by atoms with Gasteiger partial charge in [0.15, 0.2) is 10.5 Å². The maximum absolute atomic E-state index is 12.5. The van der Waals surface area contributed by atoms with Crippen LogP contribution in [0.5, 0.6) is 0 Å². The Morgan fingerprint density at radius 1 is 1.53 bits per heavy atom. The molecule has 5 nitrogen and oxygen atoms in total. The Morgan fingerprint density at radius 2 is 2.32 bits per heavy atom. The van der Waals surface area contributed by atoms with Crippen LogP contribution >= 0.6 is 23.6 Å². The summed E-state index contributed by atoms with van der Waals surface area (Å²) in [4.78, 5) is 17.6. The van der Waals surface area contributed by atoms with Gasteiger partial charge in [0.1, 0.15) is 4.83 Å². The fourth-order valence-electron chi connectivity index (χ4n) is 1.99. The highest BCUT2D eigenvalue weighted by Crippen LogP contribution is 2.25. The van der Waals surface area contributed by atoms with E-state index in [9.17, 15) is 4.79 Å². The first kappa shape index (κ1) is 12.3. The fourth-order valence-corrected chi connectivity index (χ4v) is 3.35. The quantitative estimate of drug-likeness (QED) is 0.738. The van der Waals surface area contributed by atoms with Crippen molar-refractivity contribution >= 4 is 33.8 Å². The molecule has 0 aliphatic heterocycles. The molecule has 0 amide bonds. The molecule has 0 aromatic carbocycles. The predicted octanol–water partition coefficient (Wildman–Crippen LogP) is 2.77. The molecule has 0 radical (unpaired) electrons. The Labute approximate surface area is 117 Å². The molecule has 0 saturated carbocycles. The summed E-state index contributed by atoms with van der Waals surface area (Å²) in [6.07, 6.45) is 1.55. The lowest BCUT2D eigenvalue weighted by atomic mass is 10.2. The molecule has 0 aliphatic rings. The molecule has 0 aliphatic carbocycles. The van der Waals surface area contributed by atoms with Crippen molar-refractivity contribution in [2.45, 2.75) is 20.4 Å². The lowest BCUT2D eigenvalue weighted by Gasteiger charge is -2.04. The second kappa shape index (κ2) is 4.43. The van der Waals surface area contributed by atoms with E-state index in [0.717, 1.165) is 15.3 Å². The van der Waals surface area contributed by atoms with E-state index >= 15 is 0 Å². The van der Waals surface area contributed by atoms with Crippen LogP contribution in [0.3, 0.4) is 0 Å². The van der Waals surface area contributed by atoms with Crippen LogP contribution < -0.4 is 5.56 Å². The molecule has 0 saturated heterocycles. The number of aromatic nitrogens is 3. The standard InChI is InChI=1S/C12H11N3O2S2/c1-6-7(2)19-10-9(6)11(16)15(12(18)14-10)5-8-3-4-13-17-8/h3-4H,5H2,1-2H3,(H,14,18). The summed E-state index contributed by atoms with van der Waals surface area (Å²) in [7, 11) is 0. The third-order valence-electron chi connectivity index (χ3n) is 3.12. The van der Waals surface area contributed by atoms with E-state index in [1.165, 1.54) is 4.57 Å². The third-order valence-corrected chi connectivity index (χ3v) is 4.56. The zero-order chi connectivity index (χ0) is 13.6. The Hall–Kier alpha value is -1.73.